The molecule has 0 amide bonds. The van der Waals surface area contributed by atoms with Crippen LogP contribution in [0.25, 0.3) is 10.9 Å². The summed E-state index contributed by atoms with van der Waals surface area (Å²) >= 11 is 0. The van der Waals surface area contributed by atoms with E-state index in [0.29, 0.717) is 5.56 Å². The van der Waals surface area contributed by atoms with Gasteiger partial charge in [-0.05, 0) is 22.9 Å². The van der Waals surface area contributed by atoms with Gasteiger partial charge in [0.25, 0.3) is 5.78 Å². The van der Waals surface area contributed by atoms with Crippen LogP contribution in [0.4, 0.5) is 0 Å². The number of aromatic amines is 1. The predicted molar refractivity (Wildman–Crippen MR) is 69.0 cm³/mol. The Morgan fingerprint density at radius 3 is 2.85 bits per heavy atom. The number of tetrazole rings is 1. The van der Waals surface area contributed by atoms with Crippen LogP contribution in [0.2, 0.25) is 0 Å². The van der Waals surface area contributed by atoms with Crippen LogP contribution in [0.5, 0.6) is 0 Å². The Balaban J connectivity index is 1.82. The van der Waals surface area contributed by atoms with Gasteiger partial charge in [-0.1, -0.05) is 18.2 Å². The molecule has 0 fully saturated rings. The molecule has 0 unspecified atom stereocenters. The first-order chi connectivity index (χ1) is 9.74. The van der Waals surface area contributed by atoms with Crippen LogP contribution in [0.15, 0.2) is 36.5 Å². The van der Waals surface area contributed by atoms with Gasteiger partial charge < -0.3 is 0 Å². The van der Waals surface area contributed by atoms with E-state index < -0.39 is 11.6 Å². The lowest BCUT2D eigenvalue weighted by atomic mass is 10.1. The molecule has 3 rings (SSSR count). The largest absolute Gasteiger partial charge is 0.290 e. The minimum atomic E-state index is -0.757. The van der Waals surface area contributed by atoms with Gasteiger partial charge in [0.2, 0.25) is 11.6 Å². The maximum Gasteiger partial charge on any atom is 0.269 e. The molecule has 0 aliphatic rings. The number of fused-ring (bicyclic) bond motifs is 1. The topological polar surface area (TPSA) is 101 Å². The normalized spacial score (nSPS) is 10.6. The van der Waals surface area contributed by atoms with Crippen molar-refractivity contribution >= 4 is 22.5 Å². The second-order valence-corrected chi connectivity index (χ2v) is 4.20. The van der Waals surface area contributed by atoms with E-state index in [-0.39, 0.29) is 12.2 Å². The summed E-state index contributed by atoms with van der Waals surface area (Å²) in [5.74, 6) is -1.57. The van der Waals surface area contributed by atoms with Crippen LogP contribution >= 0.6 is 0 Å². The fraction of sp³-hybridized carbons (Fsp3) is 0.0769. The van der Waals surface area contributed by atoms with Crippen LogP contribution in [0, 0.1) is 0 Å². The summed E-state index contributed by atoms with van der Waals surface area (Å²) < 4.78 is 0. The molecule has 0 bridgehead atoms. The van der Waals surface area contributed by atoms with Crippen LogP contribution in [0.3, 0.4) is 0 Å². The van der Waals surface area contributed by atoms with E-state index in [1.165, 1.54) is 0 Å². The third-order valence-electron chi connectivity index (χ3n) is 2.81. The van der Waals surface area contributed by atoms with Gasteiger partial charge in [0.1, 0.15) is 0 Å². The number of H-pyrrole nitrogens is 1. The number of Topliss-reactive ketones (excluding diaryl/α,β-unsaturated/α-hetero) is 2. The molecule has 20 heavy (non-hydrogen) atoms. The highest BCUT2D eigenvalue weighted by Crippen LogP contribution is 2.13. The number of pyridine rings is 1. The summed E-state index contributed by atoms with van der Waals surface area (Å²) in [5, 5.41) is 13.3. The Morgan fingerprint density at radius 2 is 2.05 bits per heavy atom. The first-order valence-corrected chi connectivity index (χ1v) is 5.88. The summed E-state index contributed by atoms with van der Waals surface area (Å²) in [6, 6.07) is 9.40. The average molecular weight is 267 g/mol. The lowest BCUT2D eigenvalue weighted by molar-refractivity contribution is -0.114. The van der Waals surface area contributed by atoms with Crippen molar-refractivity contribution in [2.24, 2.45) is 0 Å². The van der Waals surface area contributed by atoms with Gasteiger partial charge in [0.05, 0.1) is 5.52 Å². The maximum absolute atomic E-state index is 11.8. The van der Waals surface area contributed by atoms with Crippen molar-refractivity contribution in [2.75, 3.05) is 0 Å². The summed E-state index contributed by atoms with van der Waals surface area (Å²) in [7, 11) is 0. The van der Waals surface area contributed by atoms with Gasteiger partial charge in [0, 0.05) is 18.0 Å². The first-order valence-electron chi connectivity index (χ1n) is 5.88. The molecule has 2 heterocycles. The second-order valence-electron chi connectivity index (χ2n) is 4.20. The molecule has 0 atom stereocenters. The van der Waals surface area contributed by atoms with Crippen molar-refractivity contribution in [3.63, 3.8) is 0 Å². The lowest BCUT2D eigenvalue weighted by Gasteiger charge is -2.01. The standard InChI is InChI=1S/C13H9N5O2/c19-11(12(20)13-15-17-18-16-13)6-8-5-9-3-1-2-4-10(9)14-7-8/h1-5,7H,6H2,(H,15,16,17,18). The van der Waals surface area contributed by atoms with Crippen molar-refractivity contribution in [1.82, 2.24) is 25.6 Å². The highest BCUT2D eigenvalue weighted by molar-refractivity contribution is 6.43. The molecule has 98 valence electrons. The third kappa shape index (κ3) is 2.28. The van der Waals surface area contributed by atoms with Crippen LogP contribution < -0.4 is 0 Å². The number of aromatic nitrogens is 5. The number of hydrogen-bond donors (Lipinski definition) is 1. The van der Waals surface area contributed by atoms with Gasteiger partial charge in [-0.25, -0.2) is 0 Å². The highest BCUT2D eigenvalue weighted by Gasteiger charge is 2.20. The van der Waals surface area contributed by atoms with Gasteiger partial charge in [-0.2, -0.15) is 5.21 Å². The van der Waals surface area contributed by atoms with Crippen molar-refractivity contribution in [3.05, 3.63) is 47.9 Å². The van der Waals surface area contributed by atoms with E-state index in [4.69, 9.17) is 0 Å². The third-order valence-corrected chi connectivity index (χ3v) is 2.81. The highest BCUT2D eigenvalue weighted by atomic mass is 16.2. The minimum absolute atomic E-state index is 0.0365. The smallest absolute Gasteiger partial charge is 0.269 e. The number of para-hydroxylation sites is 1. The van der Waals surface area contributed by atoms with E-state index in [1.54, 1.807) is 6.20 Å². The molecule has 0 saturated heterocycles. The molecular weight excluding hydrogens is 258 g/mol. The van der Waals surface area contributed by atoms with Crippen LogP contribution in [-0.2, 0) is 11.2 Å². The van der Waals surface area contributed by atoms with E-state index in [1.807, 2.05) is 30.3 Å². The van der Waals surface area contributed by atoms with Gasteiger partial charge in [0.15, 0.2) is 0 Å². The monoisotopic (exact) mass is 267 g/mol. The molecule has 3 aromatic rings. The molecule has 0 radical (unpaired) electrons. The maximum atomic E-state index is 11.8. The number of rotatable bonds is 4. The molecule has 1 N–H and O–H groups in total. The molecule has 7 heteroatoms. The molecule has 2 aromatic heterocycles. The number of benzene rings is 1. The predicted octanol–water partition coefficient (Wildman–Crippen LogP) is 0.742. The lowest BCUT2D eigenvalue weighted by Crippen LogP contribution is -2.18. The van der Waals surface area contributed by atoms with E-state index >= 15 is 0 Å². The average Bonchev–Trinajstić information content (AvgIpc) is 3.00. The Hall–Kier alpha value is -2.96. The van der Waals surface area contributed by atoms with Gasteiger partial charge in [-0.15, -0.1) is 10.2 Å². The molecule has 0 aliphatic heterocycles. The summed E-state index contributed by atoms with van der Waals surface area (Å²) in [6.45, 7) is 0. The second kappa shape index (κ2) is 4.96. The summed E-state index contributed by atoms with van der Waals surface area (Å²) in [5.41, 5.74) is 1.51. The fourth-order valence-electron chi connectivity index (χ4n) is 1.86. The van der Waals surface area contributed by atoms with Crippen LogP contribution in [0.1, 0.15) is 16.2 Å². The number of hydrogen-bond acceptors (Lipinski definition) is 6. The Morgan fingerprint density at radius 1 is 1.20 bits per heavy atom. The Bertz CT molecular complexity index is 782. The van der Waals surface area contributed by atoms with Crippen molar-refractivity contribution < 1.29 is 9.59 Å². The molecule has 0 aliphatic carbocycles. The molecule has 1 aromatic carbocycles. The first kappa shape index (κ1) is 12.1. The molecule has 0 saturated carbocycles. The Labute approximate surface area is 113 Å². The quantitative estimate of drug-likeness (QED) is 0.552. The van der Waals surface area contributed by atoms with Gasteiger partial charge in [-0.3, -0.25) is 14.6 Å². The van der Waals surface area contributed by atoms with Crippen LogP contribution in [-0.4, -0.2) is 37.2 Å². The molecular formula is C13H9N5O2. The number of carbonyl (C=O) groups is 2. The van der Waals surface area contributed by atoms with Crippen molar-refractivity contribution in [1.29, 1.82) is 0 Å². The molecule has 7 nitrogen and oxygen atoms in total. The summed E-state index contributed by atoms with van der Waals surface area (Å²) in [6.07, 6.45) is 1.55. The van der Waals surface area contributed by atoms with Gasteiger partial charge >= 0.3 is 0 Å². The molecule has 0 spiro atoms. The zero-order chi connectivity index (χ0) is 13.9. The van der Waals surface area contributed by atoms with Crippen molar-refractivity contribution in [2.45, 2.75) is 6.42 Å². The van der Waals surface area contributed by atoms with E-state index in [2.05, 4.69) is 25.6 Å². The summed E-state index contributed by atoms with van der Waals surface area (Å²) in [4.78, 5) is 27.8. The fourth-order valence-corrected chi connectivity index (χ4v) is 1.86. The number of carbonyl (C=O) groups excluding carboxylic acids is 2. The van der Waals surface area contributed by atoms with E-state index in [9.17, 15) is 9.59 Å². The SMILES string of the molecule is O=C(Cc1cnc2ccccc2c1)C(=O)c1nn[nH]n1. The number of nitrogens with zero attached hydrogens (tertiary/aromatic N) is 4. The zero-order valence-corrected chi connectivity index (χ0v) is 10.3. The van der Waals surface area contributed by atoms with E-state index in [0.717, 1.165) is 10.9 Å². The zero-order valence-electron chi connectivity index (χ0n) is 10.3. The number of nitrogens with one attached hydrogen (secondary N) is 1. The van der Waals surface area contributed by atoms with Crippen molar-refractivity contribution in [3.8, 4) is 0 Å². The minimum Gasteiger partial charge on any atom is -0.290 e. The number of ketones is 2. The Kier molecular flexibility index (Phi) is 3.00.